The molecule has 0 saturated carbocycles. The fraction of sp³-hybridized carbons (Fsp3) is 0.417. The minimum absolute atomic E-state index is 0.195. The molecule has 0 atom stereocenters. The van der Waals surface area contributed by atoms with Gasteiger partial charge in [0, 0.05) is 17.0 Å². The van der Waals surface area contributed by atoms with E-state index in [1.54, 1.807) is 12.1 Å². The van der Waals surface area contributed by atoms with Crippen LogP contribution >= 0.6 is 11.6 Å². The number of rotatable bonds is 5. The number of hydrogen-bond acceptors (Lipinski definition) is 1. The van der Waals surface area contributed by atoms with E-state index in [0.717, 1.165) is 24.8 Å². The molecule has 1 aromatic carbocycles. The Morgan fingerprint density at radius 1 is 1.36 bits per heavy atom. The van der Waals surface area contributed by atoms with Crippen molar-refractivity contribution < 1.29 is 4.79 Å². The van der Waals surface area contributed by atoms with E-state index < -0.39 is 0 Å². The molecular weight excluding hydrogens is 196 g/mol. The molecule has 0 amide bonds. The van der Waals surface area contributed by atoms with Gasteiger partial charge in [0.05, 0.1) is 0 Å². The van der Waals surface area contributed by atoms with Gasteiger partial charge in [-0.1, -0.05) is 43.5 Å². The third-order valence-corrected chi connectivity index (χ3v) is 2.39. The lowest BCUT2D eigenvalue weighted by molar-refractivity contribution is 0.0979. The summed E-state index contributed by atoms with van der Waals surface area (Å²) in [6.45, 7) is 2.13. The van der Waals surface area contributed by atoms with Crippen molar-refractivity contribution >= 4 is 17.4 Å². The van der Waals surface area contributed by atoms with Gasteiger partial charge in [0.25, 0.3) is 0 Å². The van der Waals surface area contributed by atoms with Crippen LogP contribution in [0.15, 0.2) is 24.3 Å². The summed E-state index contributed by atoms with van der Waals surface area (Å²) >= 11 is 5.80. The van der Waals surface area contributed by atoms with E-state index in [0.29, 0.717) is 11.4 Å². The van der Waals surface area contributed by atoms with Crippen LogP contribution in [0.5, 0.6) is 0 Å². The number of hydrogen-bond donors (Lipinski definition) is 0. The predicted molar refractivity (Wildman–Crippen MR) is 59.9 cm³/mol. The molecule has 0 fully saturated rings. The molecule has 0 spiro atoms. The highest BCUT2D eigenvalue weighted by Crippen LogP contribution is 2.13. The van der Waals surface area contributed by atoms with Crippen molar-refractivity contribution in [3.8, 4) is 0 Å². The van der Waals surface area contributed by atoms with E-state index in [1.165, 1.54) is 0 Å². The minimum Gasteiger partial charge on any atom is -0.294 e. The molecule has 76 valence electrons. The van der Waals surface area contributed by atoms with Gasteiger partial charge in [0.15, 0.2) is 5.78 Å². The number of halogens is 1. The summed E-state index contributed by atoms with van der Waals surface area (Å²) in [5, 5.41) is 0.631. The van der Waals surface area contributed by atoms with Crippen LogP contribution in [-0.4, -0.2) is 5.78 Å². The smallest absolute Gasteiger partial charge is 0.162 e. The summed E-state index contributed by atoms with van der Waals surface area (Å²) in [5.74, 6) is 0.195. The lowest BCUT2D eigenvalue weighted by atomic mass is 10.1. The Morgan fingerprint density at radius 3 is 2.79 bits per heavy atom. The Kier molecular flexibility index (Phi) is 4.68. The normalized spacial score (nSPS) is 10.1. The Labute approximate surface area is 90.1 Å². The zero-order chi connectivity index (χ0) is 10.4. The topological polar surface area (TPSA) is 17.1 Å². The minimum atomic E-state index is 0.195. The van der Waals surface area contributed by atoms with Crippen LogP contribution in [0.4, 0.5) is 0 Å². The van der Waals surface area contributed by atoms with E-state index in [1.807, 2.05) is 12.1 Å². The largest absolute Gasteiger partial charge is 0.294 e. The highest BCUT2D eigenvalue weighted by atomic mass is 35.5. The van der Waals surface area contributed by atoms with Crippen molar-refractivity contribution in [3.63, 3.8) is 0 Å². The first-order valence-corrected chi connectivity index (χ1v) is 5.40. The molecule has 0 aliphatic heterocycles. The SMILES string of the molecule is CCCCCC(=O)c1cccc(Cl)c1. The van der Waals surface area contributed by atoms with Gasteiger partial charge >= 0.3 is 0 Å². The first-order chi connectivity index (χ1) is 6.74. The molecular formula is C12H15ClO. The standard InChI is InChI=1S/C12H15ClO/c1-2-3-4-8-12(14)10-6-5-7-11(13)9-10/h5-7,9H,2-4,8H2,1H3. The van der Waals surface area contributed by atoms with Gasteiger partial charge in [-0.25, -0.2) is 0 Å². The number of unbranched alkanes of at least 4 members (excludes halogenated alkanes) is 2. The number of carbonyl (C=O) groups is 1. The molecule has 1 aromatic rings. The summed E-state index contributed by atoms with van der Waals surface area (Å²) in [6.07, 6.45) is 3.87. The van der Waals surface area contributed by atoms with Gasteiger partial charge in [-0.05, 0) is 18.6 Å². The molecule has 0 bridgehead atoms. The fourth-order valence-electron chi connectivity index (χ4n) is 1.34. The zero-order valence-electron chi connectivity index (χ0n) is 8.42. The van der Waals surface area contributed by atoms with Crippen LogP contribution < -0.4 is 0 Å². The number of carbonyl (C=O) groups excluding carboxylic acids is 1. The highest BCUT2D eigenvalue weighted by Gasteiger charge is 2.04. The van der Waals surface area contributed by atoms with Gasteiger partial charge in [0.2, 0.25) is 0 Å². The molecule has 0 radical (unpaired) electrons. The van der Waals surface area contributed by atoms with Crippen LogP contribution in [0.1, 0.15) is 43.0 Å². The third-order valence-electron chi connectivity index (χ3n) is 2.15. The molecule has 14 heavy (non-hydrogen) atoms. The van der Waals surface area contributed by atoms with Crippen LogP contribution in [0, 0.1) is 0 Å². The highest BCUT2D eigenvalue weighted by molar-refractivity contribution is 6.31. The number of ketones is 1. The van der Waals surface area contributed by atoms with Crippen molar-refractivity contribution in [2.75, 3.05) is 0 Å². The summed E-state index contributed by atoms with van der Waals surface area (Å²) in [6, 6.07) is 7.15. The maximum absolute atomic E-state index is 11.6. The first-order valence-electron chi connectivity index (χ1n) is 5.03. The molecule has 0 saturated heterocycles. The second-order valence-electron chi connectivity index (χ2n) is 3.39. The van der Waals surface area contributed by atoms with Gasteiger partial charge in [-0.3, -0.25) is 4.79 Å². The Balaban J connectivity index is 2.52. The maximum atomic E-state index is 11.6. The molecule has 0 aliphatic carbocycles. The maximum Gasteiger partial charge on any atom is 0.162 e. The van der Waals surface area contributed by atoms with Crippen LogP contribution in [0.3, 0.4) is 0 Å². The predicted octanol–water partition coefficient (Wildman–Crippen LogP) is 4.10. The van der Waals surface area contributed by atoms with E-state index in [2.05, 4.69) is 6.92 Å². The average molecular weight is 211 g/mol. The molecule has 1 rings (SSSR count). The average Bonchev–Trinajstić information content (AvgIpc) is 2.18. The van der Waals surface area contributed by atoms with Crippen molar-refractivity contribution in [2.45, 2.75) is 32.6 Å². The molecule has 0 aromatic heterocycles. The monoisotopic (exact) mass is 210 g/mol. The lowest BCUT2D eigenvalue weighted by Crippen LogP contribution is -1.98. The fourth-order valence-corrected chi connectivity index (χ4v) is 1.53. The molecule has 0 unspecified atom stereocenters. The summed E-state index contributed by atoms with van der Waals surface area (Å²) in [7, 11) is 0. The summed E-state index contributed by atoms with van der Waals surface area (Å²) in [5.41, 5.74) is 0.730. The van der Waals surface area contributed by atoms with E-state index in [4.69, 9.17) is 11.6 Å². The third kappa shape index (κ3) is 3.51. The van der Waals surface area contributed by atoms with Crippen LogP contribution in [-0.2, 0) is 0 Å². The molecule has 1 nitrogen and oxygen atoms in total. The Hall–Kier alpha value is -0.820. The Bertz CT molecular complexity index is 307. The van der Waals surface area contributed by atoms with Crippen molar-refractivity contribution in [1.29, 1.82) is 0 Å². The molecule has 0 aliphatic rings. The van der Waals surface area contributed by atoms with Crippen molar-refractivity contribution in [1.82, 2.24) is 0 Å². The van der Waals surface area contributed by atoms with Crippen LogP contribution in [0.25, 0.3) is 0 Å². The number of Topliss-reactive ketones (excluding diaryl/α,β-unsaturated/α-hetero) is 1. The van der Waals surface area contributed by atoms with Crippen molar-refractivity contribution in [2.24, 2.45) is 0 Å². The second kappa shape index (κ2) is 5.82. The van der Waals surface area contributed by atoms with Gasteiger partial charge < -0.3 is 0 Å². The van der Waals surface area contributed by atoms with E-state index in [9.17, 15) is 4.79 Å². The molecule has 0 N–H and O–H groups in total. The second-order valence-corrected chi connectivity index (χ2v) is 3.83. The van der Waals surface area contributed by atoms with Crippen molar-refractivity contribution in [3.05, 3.63) is 34.9 Å². The summed E-state index contributed by atoms with van der Waals surface area (Å²) < 4.78 is 0. The van der Waals surface area contributed by atoms with Gasteiger partial charge in [-0.2, -0.15) is 0 Å². The van der Waals surface area contributed by atoms with E-state index >= 15 is 0 Å². The quantitative estimate of drug-likeness (QED) is 0.528. The zero-order valence-corrected chi connectivity index (χ0v) is 9.18. The first kappa shape index (κ1) is 11.3. The molecule has 2 heteroatoms. The number of benzene rings is 1. The summed E-state index contributed by atoms with van der Waals surface area (Å²) in [4.78, 5) is 11.6. The van der Waals surface area contributed by atoms with Crippen LogP contribution in [0.2, 0.25) is 5.02 Å². The lowest BCUT2D eigenvalue weighted by Gasteiger charge is -2.00. The van der Waals surface area contributed by atoms with Gasteiger partial charge in [-0.15, -0.1) is 0 Å². The van der Waals surface area contributed by atoms with Gasteiger partial charge in [0.1, 0.15) is 0 Å². The van der Waals surface area contributed by atoms with E-state index in [-0.39, 0.29) is 5.78 Å². The Morgan fingerprint density at radius 2 is 2.14 bits per heavy atom. The molecule has 0 heterocycles.